The van der Waals surface area contributed by atoms with E-state index in [-0.39, 0.29) is 17.5 Å². The Kier molecular flexibility index (Phi) is 4.14. The molecule has 0 radical (unpaired) electrons. The normalized spacial score (nSPS) is 33.4. The Bertz CT molecular complexity index is 395. The number of nitrogens with zero attached hydrogens (tertiary/aromatic N) is 1. The van der Waals surface area contributed by atoms with Gasteiger partial charge in [0.25, 0.3) is 0 Å². The van der Waals surface area contributed by atoms with Crippen LogP contribution in [0.4, 0.5) is 4.79 Å². The van der Waals surface area contributed by atoms with E-state index < -0.39 is 0 Å². The van der Waals surface area contributed by atoms with Crippen molar-refractivity contribution in [3.8, 4) is 0 Å². The summed E-state index contributed by atoms with van der Waals surface area (Å²) < 4.78 is 5.76. The highest BCUT2D eigenvalue weighted by atomic mass is 16.5. The van der Waals surface area contributed by atoms with Crippen LogP contribution in [0.15, 0.2) is 0 Å². The van der Waals surface area contributed by atoms with Crippen molar-refractivity contribution in [1.82, 2.24) is 15.5 Å². The second-order valence-corrected chi connectivity index (χ2v) is 7.30. The van der Waals surface area contributed by atoms with Crippen LogP contribution in [0.25, 0.3) is 0 Å². The third-order valence-electron chi connectivity index (χ3n) is 5.54. The molecule has 1 aliphatic heterocycles. The molecular weight excluding hydrogens is 266 g/mol. The number of carbonyl (C=O) groups excluding carboxylic acids is 1. The lowest BCUT2D eigenvalue weighted by Crippen LogP contribution is -2.67. The Morgan fingerprint density at radius 2 is 2.10 bits per heavy atom. The van der Waals surface area contributed by atoms with Gasteiger partial charge in [0, 0.05) is 43.1 Å². The monoisotopic (exact) mass is 295 g/mol. The fraction of sp³-hybridized carbons (Fsp3) is 0.938. The van der Waals surface area contributed by atoms with Gasteiger partial charge in [0.05, 0.1) is 6.10 Å². The maximum Gasteiger partial charge on any atom is 0.315 e. The molecule has 0 unspecified atom stereocenters. The molecule has 120 valence electrons. The third kappa shape index (κ3) is 2.90. The molecule has 0 aromatic rings. The van der Waals surface area contributed by atoms with Crippen molar-refractivity contribution in [3.63, 3.8) is 0 Å². The summed E-state index contributed by atoms with van der Waals surface area (Å²) in [6, 6.07) is 0.989. The molecule has 2 aliphatic carbocycles. The van der Waals surface area contributed by atoms with E-state index in [1.807, 2.05) is 0 Å². The molecule has 0 bridgehead atoms. The number of likely N-dealkylation sites (N-methyl/N-ethyl adjacent to an activating group) is 1. The maximum absolute atomic E-state index is 12.1. The zero-order valence-corrected chi connectivity index (χ0v) is 13.5. The van der Waals surface area contributed by atoms with Gasteiger partial charge in [-0.2, -0.15) is 0 Å². The number of hydrogen-bond donors (Lipinski definition) is 2. The van der Waals surface area contributed by atoms with E-state index in [4.69, 9.17) is 4.74 Å². The highest BCUT2D eigenvalue weighted by Crippen LogP contribution is 2.51. The predicted octanol–water partition coefficient (Wildman–Crippen LogP) is 1.58. The largest absolute Gasteiger partial charge is 0.377 e. The quantitative estimate of drug-likeness (QED) is 0.782. The number of hydrogen-bond acceptors (Lipinski definition) is 3. The first kappa shape index (κ1) is 15.1. The second kappa shape index (κ2) is 5.76. The Labute approximate surface area is 127 Å². The Balaban J connectivity index is 1.40. The Morgan fingerprint density at radius 3 is 2.76 bits per heavy atom. The van der Waals surface area contributed by atoms with Crippen molar-refractivity contribution in [2.24, 2.45) is 11.3 Å². The van der Waals surface area contributed by atoms with E-state index in [1.165, 1.54) is 12.8 Å². The molecule has 2 amide bonds. The lowest BCUT2D eigenvalue weighted by atomic mass is 9.57. The molecule has 1 saturated heterocycles. The van der Waals surface area contributed by atoms with E-state index in [0.29, 0.717) is 12.0 Å². The molecule has 5 heteroatoms. The Morgan fingerprint density at radius 1 is 1.33 bits per heavy atom. The summed E-state index contributed by atoms with van der Waals surface area (Å²) in [7, 11) is 0. The molecule has 3 aliphatic rings. The molecule has 1 heterocycles. The highest BCUT2D eigenvalue weighted by Gasteiger charge is 2.59. The summed E-state index contributed by atoms with van der Waals surface area (Å²) >= 11 is 0. The van der Waals surface area contributed by atoms with Crippen LogP contribution in [0.1, 0.15) is 40.0 Å². The minimum Gasteiger partial charge on any atom is -0.377 e. The topological polar surface area (TPSA) is 53.6 Å². The van der Waals surface area contributed by atoms with Gasteiger partial charge in [0.15, 0.2) is 0 Å². The second-order valence-electron chi connectivity index (χ2n) is 7.30. The van der Waals surface area contributed by atoms with Crippen LogP contribution in [0.2, 0.25) is 0 Å². The van der Waals surface area contributed by atoms with Crippen LogP contribution in [-0.4, -0.2) is 55.4 Å². The summed E-state index contributed by atoms with van der Waals surface area (Å²) in [4.78, 5) is 14.5. The predicted molar refractivity (Wildman–Crippen MR) is 82.2 cm³/mol. The molecule has 21 heavy (non-hydrogen) atoms. The number of nitrogens with one attached hydrogen (secondary N) is 2. The molecule has 3 rings (SSSR count). The summed E-state index contributed by atoms with van der Waals surface area (Å²) in [6.45, 7) is 10.2. The molecule has 2 saturated carbocycles. The molecule has 0 spiro atoms. The summed E-state index contributed by atoms with van der Waals surface area (Å²) in [5.74, 6) is 0.504. The lowest BCUT2D eigenvalue weighted by Gasteiger charge is -2.54. The summed E-state index contributed by atoms with van der Waals surface area (Å²) in [5.41, 5.74) is 0.0575. The van der Waals surface area contributed by atoms with Crippen molar-refractivity contribution < 1.29 is 9.53 Å². The van der Waals surface area contributed by atoms with Gasteiger partial charge < -0.3 is 15.4 Å². The minimum atomic E-state index is -0.0229. The van der Waals surface area contributed by atoms with Crippen molar-refractivity contribution in [1.29, 1.82) is 0 Å². The van der Waals surface area contributed by atoms with E-state index in [0.717, 1.165) is 38.7 Å². The molecule has 0 aromatic carbocycles. The molecular formula is C16H29N3O2. The molecule has 3 atom stereocenters. The average molecular weight is 295 g/mol. The maximum atomic E-state index is 12.1. The average Bonchev–Trinajstić information content (AvgIpc) is 3.18. The highest BCUT2D eigenvalue weighted by molar-refractivity contribution is 5.74. The van der Waals surface area contributed by atoms with Crippen LogP contribution < -0.4 is 10.6 Å². The zero-order valence-electron chi connectivity index (χ0n) is 13.5. The van der Waals surface area contributed by atoms with E-state index in [9.17, 15) is 4.79 Å². The number of amides is 2. The van der Waals surface area contributed by atoms with Crippen LogP contribution in [0, 0.1) is 11.3 Å². The number of rotatable bonds is 6. The smallest absolute Gasteiger partial charge is 0.315 e. The van der Waals surface area contributed by atoms with Crippen molar-refractivity contribution in [2.75, 3.05) is 26.2 Å². The first-order valence-electron chi connectivity index (χ1n) is 8.44. The zero-order chi connectivity index (χ0) is 15.0. The van der Waals surface area contributed by atoms with Gasteiger partial charge >= 0.3 is 6.03 Å². The van der Waals surface area contributed by atoms with E-state index >= 15 is 0 Å². The number of urea groups is 1. The first-order chi connectivity index (χ1) is 10.0. The van der Waals surface area contributed by atoms with Crippen LogP contribution >= 0.6 is 0 Å². The SMILES string of the molecule is CCN(CCNC(=O)N[C@@H]1[C@H]2CCO[C@@H]2C1(C)C)C1CC1. The van der Waals surface area contributed by atoms with Crippen molar-refractivity contribution in [2.45, 2.75) is 58.2 Å². The number of fused-ring (bicyclic) bond motifs is 1. The van der Waals surface area contributed by atoms with Gasteiger partial charge in [-0.15, -0.1) is 0 Å². The number of carbonyl (C=O) groups is 1. The van der Waals surface area contributed by atoms with Gasteiger partial charge in [-0.25, -0.2) is 4.79 Å². The van der Waals surface area contributed by atoms with Gasteiger partial charge in [0.1, 0.15) is 0 Å². The Hall–Kier alpha value is -0.810. The van der Waals surface area contributed by atoms with Crippen LogP contribution in [0.3, 0.4) is 0 Å². The standard InChI is InChI=1S/C16H29N3O2/c1-4-19(11-5-6-11)9-8-17-15(20)18-13-12-7-10-21-14(12)16(13,2)3/h11-14H,4-10H2,1-3H3,(H2,17,18,20)/t12-,13-,14+/m1/s1. The lowest BCUT2D eigenvalue weighted by molar-refractivity contribution is -0.108. The minimum absolute atomic E-state index is 0.0229. The molecule has 5 nitrogen and oxygen atoms in total. The number of ether oxygens (including phenoxy) is 1. The van der Waals surface area contributed by atoms with Gasteiger partial charge in [0.2, 0.25) is 0 Å². The molecule has 3 fully saturated rings. The molecule has 0 aromatic heterocycles. The van der Waals surface area contributed by atoms with Gasteiger partial charge in [-0.05, 0) is 25.8 Å². The van der Waals surface area contributed by atoms with Gasteiger partial charge in [-0.1, -0.05) is 20.8 Å². The van der Waals surface area contributed by atoms with Crippen LogP contribution in [-0.2, 0) is 4.74 Å². The first-order valence-corrected chi connectivity index (χ1v) is 8.44. The van der Waals surface area contributed by atoms with E-state index in [2.05, 4.69) is 36.3 Å². The van der Waals surface area contributed by atoms with Crippen molar-refractivity contribution >= 4 is 6.03 Å². The van der Waals surface area contributed by atoms with Crippen molar-refractivity contribution in [3.05, 3.63) is 0 Å². The van der Waals surface area contributed by atoms with Gasteiger partial charge in [-0.3, -0.25) is 4.90 Å². The fourth-order valence-corrected chi connectivity index (χ4v) is 4.16. The third-order valence-corrected chi connectivity index (χ3v) is 5.54. The van der Waals surface area contributed by atoms with Crippen LogP contribution in [0.5, 0.6) is 0 Å². The fourth-order valence-electron chi connectivity index (χ4n) is 4.16. The summed E-state index contributed by atoms with van der Waals surface area (Å²) in [6.07, 6.45) is 4.04. The molecule has 2 N–H and O–H groups in total. The van der Waals surface area contributed by atoms with E-state index in [1.54, 1.807) is 0 Å². The summed E-state index contributed by atoms with van der Waals surface area (Å²) in [5, 5.41) is 6.18.